The molecular weight excluding hydrogens is 1770 g/mol. The van der Waals surface area contributed by atoms with Crippen molar-refractivity contribution in [1.29, 1.82) is 0 Å². The Hall–Kier alpha value is -16.0. The second-order valence-electron chi connectivity index (χ2n) is 39.3. The fraction of sp³-hybridized carbons (Fsp3) is 0.292. The number of hydrogen-bond donors (Lipinski definition) is 12. The Morgan fingerprint density at radius 3 is 0.809 bits per heavy atom. The Labute approximate surface area is 814 Å². The van der Waals surface area contributed by atoms with Gasteiger partial charge in [-0.25, -0.2) is 39.9 Å². The molecule has 710 valence electrons. The summed E-state index contributed by atoms with van der Waals surface area (Å²) in [4.78, 5) is 150. The summed E-state index contributed by atoms with van der Waals surface area (Å²) in [7, 11) is 0. The third-order valence-corrected chi connectivity index (χ3v) is 29.4. The van der Waals surface area contributed by atoms with Crippen molar-refractivity contribution in [2.24, 2.45) is 41.4 Å². The second kappa shape index (κ2) is 41.0. The van der Waals surface area contributed by atoms with Gasteiger partial charge in [-0.2, -0.15) is 0 Å². The number of H-pyrrole nitrogens is 4. The van der Waals surface area contributed by atoms with E-state index < -0.39 is 0 Å². The van der Waals surface area contributed by atoms with Gasteiger partial charge in [-0.05, 0) is 308 Å². The van der Waals surface area contributed by atoms with Crippen LogP contribution in [0, 0.1) is 41.4 Å². The van der Waals surface area contributed by atoms with Gasteiger partial charge >= 0.3 is 0 Å². The fourth-order valence-corrected chi connectivity index (χ4v) is 22.9. The Balaban J connectivity index is 0.000000112. The Kier molecular flexibility index (Phi) is 26.6. The highest BCUT2D eigenvalue weighted by molar-refractivity contribution is 6.09. The van der Waals surface area contributed by atoms with Gasteiger partial charge in [0.1, 0.15) is 46.6 Å². The molecule has 8 bridgehead atoms. The number of benzene rings is 8. The molecule has 10 aliphatic rings. The first-order chi connectivity index (χ1) is 68.9. The smallest absolute Gasteiger partial charge is 0.256 e. The molecule has 28 heteroatoms. The van der Waals surface area contributed by atoms with Gasteiger partial charge in [0, 0.05) is 115 Å². The lowest BCUT2D eigenvalue weighted by Gasteiger charge is -2.56. The van der Waals surface area contributed by atoms with Crippen LogP contribution in [0.25, 0.3) is 89.7 Å². The summed E-state index contributed by atoms with van der Waals surface area (Å²) in [6.45, 7) is 0. The van der Waals surface area contributed by atoms with E-state index in [4.69, 9.17) is 0 Å². The average molecular weight is 1880 g/mol. The summed E-state index contributed by atoms with van der Waals surface area (Å²) in [6, 6.07) is 73.9. The van der Waals surface area contributed by atoms with E-state index in [1.54, 1.807) is 122 Å². The molecule has 16 aromatic rings. The molecule has 10 saturated carbocycles. The highest BCUT2D eigenvalue weighted by atomic mass is 16.2. The van der Waals surface area contributed by atoms with E-state index in [0.717, 1.165) is 141 Å². The van der Waals surface area contributed by atoms with Gasteiger partial charge in [0.25, 0.3) is 47.3 Å². The zero-order valence-electron chi connectivity index (χ0n) is 78.1. The summed E-state index contributed by atoms with van der Waals surface area (Å²) < 4.78 is 0. The maximum absolute atomic E-state index is 13.2. The molecule has 0 aliphatic heterocycles. The monoisotopic (exact) mass is 1870 g/mol. The number of hydrogen-bond acceptors (Lipinski definition) is 16. The molecular formula is C113H110N20O8. The van der Waals surface area contributed by atoms with Crippen LogP contribution in [0.2, 0.25) is 0 Å². The van der Waals surface area contributed by atoms with Gasteiger partial charge in [0.05, 0.1) is 44.1 Å². The molecule has 26 rings (SSSR count). The molecule has 12 N–H and O–H groups in total. The van der Waals surface area contributed by atoms with Gasteiger partial charge in [-0.3, -0.25) is 38.4 Å². The predicted molar refractivity (Wildman–Crippen MR) is 545 cm³/mol. The number of nitrogens with one attached hydrogen (secondary N) is 12. The minimum Gasteiger partial charge on any atom is -0.349 e. The first-order valence-electron chi connectivity index (χ1n) is 49.5. The van der Waals surface area contributed by atoms with Crippen LogP contribution in [0.5, 0.6) is 0 Å². The van der Waals surface area contributed by atoms with Crippen LogP contribution in [-0.2, 0) is 0 Å². The van der Waals surface area contributed by atoms with Crippen LogP contribution in [-0.4, -0.2) is 131 Å². The number of imidazole rings is 4. The molecule has 10 aliphatic carbocycles. The topological polar surface area (TPSA) is 399 Å². The molecule has 10 fully saturated rings. The summed E-state index contributed by atoms with van der Waals surface area (Å²) in [5, 5.41) is 24.3. The van der Waals surface area contributed by atoms with Crippen LogP contribution in [0.1, 0.15) is 224 Å². The zero-order chi connectivity index (χ0) is 95.9. The zero-order valence-corrected chi connectivity index (χ0v) is 78.1. The third-order valence-electron chi connectivity index (χ3n) is 29.4. The van der Waals surface area contributed by atoms with E-state index in [9.17, 15) is 38.4 Å². The first kappa shape index (κ1) is 91.4. The maximum Gasteiger partial charge on any atom is 0.256 e. The quantitative estimate of drug-likeness (QED) is 0.0315. The normalized spacial score (nSPS) is 20.3. The van der Waals surface area contributed by atoms with Gasteiger partial charge in [0.2, 0.25) is 0 Å². The minimum atomic E-state index is -0.236. The number of carbonyl (C=O) groups is 8. The van der Waals surface area contributed by atoms with Crippen molar-refractivity contribution >= 4 is 115 Å². The van der Waals surface area contributed by atoms with Gasteiger partial charge < -0.3 is 62.5 Å². The Morgan fingerprint density at radius 2 is 0.525 bits per heavy atom. The third kappa shape index (κ3) is 21.5. The Bertz CT molecular complexity index is 7200. The first-order valence-corrected chi connectivity index (χ1v) is 49.5. The highest BCUT2D eigenvalue weighted by Crippen LogP contribution is 2.56. The molecule has 8 aromatic heterocycles. The van der Waals surface area contributed by atoms with Crippen molar-refractivity contribution in [2.45, 2.75) is 165 Å². The minimum absolute atomic E-state index is 0.00378. The number of aromatic amines is 4. The van der Waals surface area contributed by atoms with Crippen LogP contribution >= 0.6 is 0 Å². The largest absolute Gasteiger partial charge is 0.349 e. The molecule has 8 aromatic carbocycles. The lowest BCUT2D eigenvalue weighted by Crippen LogP contribution is -2.59. The van der Waals surface area contributed by atoms with Crippen LogP contribution in [0.4, 0.5) is 23.3 Å². The van der Waals surface area contributed by atoms with Gasteiger partial charge in [0.15, 0.2) is 0 Å². The van der Waals surface area contributed by atoms with Crippen molar-refractivity contribution in [1.82, 2.24) is 81.1 Å². The predicted octanol–water partition coefficient (Wildman–Crippen LogP) is 21.3. The number of rotatable bonds is 20. The van der Waals surface area contributed by atoms with E-state index in [1.807, 2.05) is 146 Å². The van der Waals surface area contributed by atoms with Crippen molar-refractivity contribution in [3.8, 4) is 45.6 Å². The second-order valence-corrected chi connectivity index (χ2v) is 39.3. The van der Waals surface area contributed by atoms with Crippen molar-refractivity contribution in [3.05, 3.63) is 312 Å². The van der Waals surface area contributed by atoms with Crippen molar-refractivity contribution in [2.75, 3.05) is 21.3 Å². The number of amides is 8. The molecule has 0 atom stereocenters. The number of aromatic nitrogens is 12. The lowest BCUT2D eigenvalue weighted by atomic mass is 9.53. The number of carbonyl (C=O) groups excluding carboxylic acids is 8. The van der Waals surface area contributed by atoms with E-state index >= 15 is 0 Å². The summed E-state index contributed by atoms with van der Waals surface area (Å²) >= 11 is 0. The van der Waals surface area contributed by atoms with Crippen molar-refractivity contribution in [3.63, 3.8) is 0 Å². The number of nitrogens with zero attached hydrogens (tertiary/aromatic N) is 8. The number of fused-ring (bicyclic) bond motifs is 4. The van der Waals surface area contributed by atoms with Crippen LogP contribution < -0.4 is 42.5 Å². The SMILES string of the molecule is O=C(Nc1ccccn1)c1ccc2nc(-c3ccc(C(=O)NC45CC6CC(CC(C6)C4)C5)cc3)[nH]c2c1.O=C(Nc1ccccn1)c1ccc2nc(-c3ccc(C(=O)NC4C5CC6CC(C5)CC4C6)cc3)[nH]c2c1.O=C(Nc1ccccn1)c1ccc2nc(-c3ccc(C(=O)NC4CCCCC4)cc3)[nH]c2c1.O=C(Nc1ccccn1)c1ccc2nc(-c3ccc(C(=O)NC4CCCCCC4)cc3)[nH]c2c1. The van der Waals surface area contributed by atoms with E-state index in [0.29, 0.717) is 109 Å². The van der Waals surface area contributed by atoms with E-state index in [-0.39, 0.29) is 64.9 Å². The van der Waals surface area contributed by atoms with E-state index in [2.05, 4.69) is 102 Å². The lowest BCUT2D eigenvalue weighted by molar-refractivity contribution is -0.0167. The molecule has 28 nitrogen and oxygen atoms in total. The Morgan fingerprint density at radius 1 is 0.262 bits per heavy atom. The summed E-state index contributed by atoms with van der Waals surface area (Å²) in [5.41, 5.74) is 14.4. The van der Waals surface area contributed by atoms with Gasteiger partial charge in [-0.15, -0.1) is 0 Å². The molecule has 0 spiro atoms. The van der Waals surface area contributed by atoms with Gasteiger partial charge in [-0.1, -0.05) is 118 Å². The van der Waals surface area contributed by atoms with Crippen LogP contribution in [0.3, 0.4) is 0 Å². The molecule has 8 heterocycles. The maximum atomic E-state index is 13.2. The molecule has 0 radical (unpaired) electrons. The molecule has 0 saturated heterocycles. The highest BCUT2D eigenvalue weighted by Gasteiger charge is 2.52. The summed E-state index contributed by atoms with van der Waals surface area (Å²) in [5.74, 6) is 9.35. The summed E-state index contributed by atoms with van der Waals surface area (Å²) in [6.07, 6.45) is 33.4. The standard InChI is InChI=1S/2C30H29N5O2.C27H27N5O2.C26H25N5O2/c36-28(34-26-3-1-2-10-31-26)23-8-9-24-25(14-23)33-27(32-24)21-4-6-22(7-5-21)29(37)35-30-15-18-11-19(16-30)13-20(12-18)17-30;36-29(35-27-22-12-17-11-18(14-22)15-23(27)13-17)20-6-4-19(5-7-20)28-32-24-9-8-21(16-25(24)33-28)30(37)34-26-3-1-2-10-31-26;33-26(29-21-7-3-1-2-4-8-21)19-12-10-18(11-13-19)25-30-22-15-14-20(17-23(22)31-25)27(34)32-24-9-5-6-16-28-24;32-25(28-20-6-2-1-3-7-20)18-11-9-17(10-12-18)24-29-21-14-13-19(16-22(21)30-24)26(33)31-23-8-4-5-15-27-23/h1-10,14,18-20H,11-13,15-17H2,(H,32,33)(H,35,37)(H,31,34,36);1-10,16-18,22-23,27H,11-15H2,(H,32,33)(H,35,36)(H,31,34,37);5-6,9-17,21H,1-4,7-8H2,(H,29,33)(H,30,31)(H,28,32,34);4-5,8-16,20H,1-3,6-7H2,(H,28,32)(H,29,30)(H,27,31,33). The number of pyridine rings is 4. The fourth-order valence-electron chi connectivity index (χ4n) is 22.9. The van der Waals surface area contributed by atoms with Crippen molar-refractivity contribution < 1.29 is 38.4 Å². The van der Waals surface area contributed by atoms with Crippen LogP contribution in [0.15, 0.2) is 267 Å². The van der Waals surface area contributed by atoms with E-state index in [1.165, 1.54) is 96.3 Å². The number of anilines is 4. The molecule has 0 unspecified atom stereocenters. The average Bonchev–Trinajstić information content (AvgIpc) is 1.72. The molecule has 8 amide bonds. The molecule has 141 heavy (non-hydrogen) atoms.